The highest BCUT2D eigenvalue weighted by Gasteiger charge is 2.16. The molecule has 1 saturated carbocycles. The summed E-state index contributed by atoms with van der Waals surface area (Å²) < 4.78 is 0. The molecule has 0 radical (unpaired) electrons. The average Bonchev–Trinajstić information content (AvgIpc) is 2.39. The summed E-state index contributed by atoms with van der Waals surface area (Å²) >= 11 is 0. The van der Waals surface area contributed by atoms with E-state index < -0.39 is 0 Å². The Hall–Kier alpha value is -0.890. The first-order valence-corrected chi connectivity index (χ1v) is 7.00. The molecule has 0 saturated heterocycles. The molecular formula is C15H24N2. The van der Waals surface area contributed by atoms with Crippen LogP contribution in [-0.2, 0) is 6.42 Å². The van der Waals surface area contributed by atoms with Crippen LogP contribution < -0.4 is 5.73 Å². The van der Waals surface area contributed by atoms with E-state index in [0.29, 0.717) is 6.04 Å². The van der Waals surface area contributed by atoms with Crippen LogP contribution in [0.5, 0.6) is 0 Å². The maximum absolute atomic E-state index is 6.22. The van der Waals surface area contributed by atoms with E-state index in [2.05, 4.69) is 17.1 Å². The van der Waals surface area contributed by atoms with E-state index in [-0.39, 0.29) is 0 Å². The Kier molecular flexibility index (Phi) is 4.99. The third-order valence-electron chi connectivity index (χ3n) is 3.86. The number of hydrogen-bond acceptors (Lipinski definition) is 2. The molecule has 1 aromatic rings. The third-order valence-corrected chi connectivity index (χ3v) is 3.86. The molecule has 2 heteroatoms. The Morgan fingerprint density at radius 3 is 2.76 bits per heavy atom. The van der Waals surface area contributed by atoms with E-state index in [0.717, 1.165) is 18.8 Å². The molecule has 1 aliphatic rings. The van der Waals surface area contributed by atoms with E-state index in [1.807, 2.05) is 12.3 Å². The molecule has 2 N–H and O–H groups in total. The zero-order valence-corrected chi connectivity index (χ0v) is 10.6. The van der Waals surface area contributed by atoms with Gasteiger partial charge in [0, 0.05) is 17.9 Å². The van der Waals surface area contributed by atoms with E-state index in [1.54, 1.807) is 0 Å². The van der Waals surface area contributed by atoms with Gasteiger partial charge in [-0.3, -0.25) is 4.98 Å². The Morgan fingerprint density at radius 2 is 2.06 bits per heavy atom. The van der Waals surface area contributed by atoms with Gasteiger partial charge in [0.2, 0.25) is 0 Å². The van der Waals surface area contributed by atoms with Gasteiger partial charge in [0.25, 0.3) is 0 Å². The second-order valence-electron chi connectivity index (χ2n) is 5.36. The SMILES string of the molecule is NC(CCc1ccccn1)CC1CCCCC1. The second-order valence-corrected chi connectivity index (χ2v) is 5.36. The molecule has 1 atom stereocenters. The summed E-state index contributed by atoms with van der Waals surface area (Å²) in [6.07, 6.45) is 12.2. The molecule has 1 aromatic heterocycles. The summed E-state index contributed by atoms with van der Waals surface area (Å²) in [5.74, 6) is 0.891. The summed E-state index contributed by atoms with van der Waals surface area (Å²) in [4.78, 5) is 4.34. The maximum atomic E-state index is 6.22. The molecule has 0 aromatic carbocycles. The van der Waals surface area contributed by atoms with Gasteiger partial charge < -0.3 is 5.73 Å². The van der Waals surface area contributed by atoms with Gasteiger partial charge in [-0.15, -0.1) is 0 Å². The quantitative estimate of drug-likeness (QED) is 0.846. The molecule has 1 unspecified atom stereocenters. The Bertz CT molecular complexity index is 304. The lowest BCUT2D eigenvalue weighted by Gasteiger charge is -2.24. The number of nitrogens with zero attached hydrogens (tertiary/aromatic N) is 1. The summed E-state index contributed by atoms with van der Waals surface area (Å²) in [7, 11) is 0. The van der Waals surface area contributed by atoms with Crippen LogP contribution in [-0.4, -0.2) is 11.0 Å². The lowest BCUT2D eigenvalue weighted by atomic mass is 9.84. The molecule has 1 heterocycles. The van der Waals surface area contributed by atoms with Crippen molar-refractivity contribution in [2.75, 3.05) is 0 Å². The molecule has 1 fully saturated rings. The fraction of sp³-hybridized carbons (Fsp3) is 0.667. The van der Waals surface area contributed by atoms with Gasteiger partial charge in [0.15, 0.2) is 0 Å². The van der Waals surface area contributed by atoms with Gasteiger partial charge in [0.1, 0.15) is 0 Å². The predicted molar refractivity (Wildman–Crippen MR) is 71.7 cm³/mol. The lowest BCUT2D eigenvalue weighted by molar-refractivity contribution is 0.312. The molecule has 0 bridgehead atoms. The van der Waals surface area contributed by atoms with Crippen molar-refractivity contribution in [3.63, 3.8) is 0 Å². The molecule has 94 valence electrons. The maximum Gasteiger partial charge on any atom is 0.0404 e. The zero-order chi connectivity index (χ0) is 11.9. The van der Waals surface area contributed by atoms with Crippen LogP contribution in [0, 0.1) is 5.92 Å². The minimum atomic E-state index is 0.361. The van der Waals surface area contributed by atoms with E-state index in [9.17, 15) is 0 Å². The molecule has 0 spiro atoms. The van der Waals surface area contributed by atoms with Crippen molar-refractivity contribution >= 4 is 0 Å². The molecule has 0 amide bonds. The molecular weight excluding hydrogens is 208 g/mol. The van der Waals surface area contributed by atoms with Crippen LogP contribution in [0.4, 0.5) is 0 Å². The van der Waals surface area contributed by atoms with Gasteiger partial charge in [-0.05, 0) is 37.3 Å². The van der Waals surface area contributed by atoms with Gasteiger partial charge in [0.05, 0.1) is 0 Å². The van der Waals surface area contributed by atoms with Crippen LogP contribution in [0.1, 0.15) is 50.6 Å². The third kappa shape index (κ3) is 4.47. The fourth-order valence-corrected chi connectivity index (χ4v) is 2.85. The first kappa shape index (κ1) is 12.6. The van der Waals surface area contributed by atoms with Crippen molar-refractivity contribution < 1.29 is 0 Å². The molecule has 1 aliphatic carbocycles. The normalized spacial score (nSPS) is 19.1. The van der Waals surface area contributed by atoms with Crippen LogP contribution in [0.3, 0.4) is 0 Å². The summed E-state index contributed by atoms with van der Waals surface area (Å²) in [5.41, 5.74) is 7.40. The van der Waals surface area contributed by atoms with Gasteiger partial charge >= 0.3 is 0 Å². The van der Waals surface area contributed by atoms with Gasteiger partial charge in [-0.2, -0.15) is 0 Å². The van der Waals surface area contributed by atoms with Gasteiger partial charge in [-0.25, -0.2) is 0 Å². The fourth-order valence-electron chi connectivity index (χ4n) is 2.85. The van der Waals surface area contributed by atoms with Crippen molar-refractivity contribution in [2.45, 2.75) is 57.4 Å². The number of aromatic nitrogens is 1. The molecule has 2 nitrogen and oxygen atoms in total. The van der Waals surface area contributed by atoms with Crippen LogP contribution in [0.25, 0.3) is 0 Å². The summed E-state index contributed by atoms with van der Waals surface area (Å²) in [6.45, 7) is 0. The minimum absolute atomic E-state index is 0.361. The van der Waals surface area contributed by atoms with E-state index in [4.69, 9.17) is 5.73 Å². The molecule has 2 rings (SSSR count). The number of pyridine rings is 1. The first-order valence-electron chi connectivity index (χ1n) is 7.00. The average molecular weight is 232 g/mol. The van der Waals surface area contributed by atoms with Crippen LogP contribution >= 0.6 is 0 Å². The van der Waals surface area contributed by atoms with Crippen LogP contribution in [0.15, 0.2) is 24.4 Å². The molecule has 17 heavy (non-hydrogen) atoms. The zero-order valence-electron chi connectivity index (χ0n) is 10.6. The van der Waals surface area contributed by atoms with Crippen molar-refractivity contribution in [1.82, 2.24) is 4.98 Å². The Labute approximate surface area is 105 Å². The van der Waals surface area contributed by atoms with Crippen molar-refractivity contribution in [3.05, 3.63) is 30.1 Å². The number of hydrogen-bond donors (Lipinski definition) is 1. The minimum Gasteiger partial charge on any atom is -0.328 e. The lowest BCUT2D eigenvalue weighted by Crippen LogP contribution is -2.25. The second kappa shape index (κ2) is 6.75. The highest BCUT2D eigenvalue weighted by molar-refractivity contribution is 5.03. The van der Waals surface area contributed by atoms with E-state index in [1.165, 1.54) is 44.2 Å². The predicted octanol–water partition coefficient (Wildman–Crippen LogP) is 3.31. The van der Waals surface area contributed by atoms with Gasteiger partial charge in [-0.1, -0.05) is 38.2 Å². The van der Waals surface area contributed by atoms with E-state index >= 15 is 0 Å². The van der Waals surface area contributed by atoms with Crippen LogP contribution in [0.2, 0.25) is 0 Å². The molecule has 0 aliphatic heterocycles. The largest absolute Gasteiger partial charge is 0.328 e. The monoisotopic (exact) mass is 232 g/mol. The summed E-state index contributed by atoms with van der Waals surface area (Å²) in [6, 6.07) is 6.47. The van der Waals surface area contributed by atoms with Crippen molar-refractivity contribution in [1.29, 1.82) is 0 Å². The van der Waals surface area contributed by atoms with Crippen molar-refractivity contribution in [3.8, 4) is 0 Å². The Balaban J connectivity index is 1.68. The topological polar surface area (TPSA) is 38.9 Å². The first-order chi connectivity index (χ1) is 8.34. The number of aryl methyl sites for hydroxylation is 1. The standard InChI is InChI=1S/C15H24N2/c16-14(12-13-6-2-1-3-7-13)9-10-15-8-4-5-11-17-15/h4-5,8,11,13-14H,1-3,6-7,9-10,12,16H2. The summed E-state index contributed by atoms with van der Waals surface area (Å²) in [5, 5.41) is 0. The highest BCUT2D eigenvalue weighted by atomic mass is 14.7. The van der Waals surface area contributed by atoms with Crippen molar-refractivity contribution in [2.24, 2.45) is 11.7 Å². The number of rotatable bonds is 5. The number of nitrogens with two attached hydrogens (primary N) is 1. The smallest absolute Gasteiger partial charge is 0.0404 e. The Morgan fingerprint density at radius 1 is 1.24 bits per heavy atom. The highest BCUT2D eigenvalue weighted by Crippen LogP contribution is 2.27.